The molecule has 1 aromatic carbocycles. The van der Waals surface area contributed by atoms with Crippen LogP contribution in [0, 0.1) is 0 Å². The molecule has 0 bridgehead atoms. The third kappa shape index (κ3) is 5.47. The Balaban J connectivity index is 1.47. The zero-order valence-corrected chi connectivity index (χ0v) is 16.8. The molecule has 1 aliphatic carbocycles. The first kappa shape index (κ1) is 20.6. The maximum atomic E-state index is 12.4. The average molecular weight is 387 g/mol. The van der Waals surface area contributed by atoms with Gasteiger partial charge in [0.25, 0.3) is 0 Å². The third-order valence-corrected chi connectivity index (χ3v) is 6.27. The van der Waals surface area contributed by atoms with Gasteiger partial charge in [-0.15, -0.1) is 0 Å². The van der Waals surface area contributed by atoms with Crippen molar-refractivity contribution in [2.24, 2.45) is 5.73 Å². The van der Waals surface area contributed by atoms with Gasteiger partial charge in [0.1, 0.15) is 5.54 Å². The first-order valence-electron chi connectivity index (χ1n) is 10.7. The number of benzene rings is 1. The Morgan fingerprint density at radius 3 is 2.54 bits per heavy atom. The van der Waals surface area contributed by atoms with Crippen LogP contribution >= 0.6 is 0 Å². The second kappa shape index (κ2) is 9.92. The van der Waals surface area contributed by atoms with E-state index in [0.717, 1.165) is 38.8 Å². The standard InChI is InChI=1S/C22H34N4O2/c23-20(27)22(13-6-2-7-14-22)25-21(28)24-15-12-19-11-5-8-16-26(19)17-18-9-3-1-4-10-18/h1,3-4,9-10,19H,2,5-8,11-17H2,(H2,23,27)(H2,24,25,28)/t19-/m1/s1. The van der Waals surface area contributed by atoms with E-state index in [1.807, 2.05) is 6.07 Å². The van der Waals surface area contributed by atoms with Crippen molar-refractivity contribution in [1.82, 2.24) is 15.5 Å². The van der Waals surface area contributed by atoms with Crippen LogP contribution in [0.5, 0.6) is 0 Å². The number of primary amides is 1. The van der Waals surface area contributed by atoms with Crippen molar-refractivity contribution in [3.8, 4) is 0 Å². The molecule has 1 heterocycles. The van der Waals surface area contributed by atoms with E-state index in [-0.39, 0.29) is 6.03 Å². The van der Waals surface area contributed by atoms with E-state index in [4.69, 9.17) is 5.73 Å². The van der Waals surface area contributed by atoms with E-state index in [1.54, 1.807) is 0 Å². The first-order chi connectivity index (χ1) is 13.6. The van der Waals surface area contributed by atoms with Gasteiger partial charge in [-0.25, -0.2) is 4.79 Å². The van der Waals surface area contributed by atoms with Crippen molar-refractivity contribution in [2.75, 3.05) is 13.1 Å². The van der Waals surface area contributed by atoms with E-state index in [2.05, 4.69) is 39.8 Å². The summed E-state index contributed by atoms with van der Waals surface area (Å²) in [6, 6.07) is 10.8. The SMILES string of the molecule is NC(=O)C1(NC(=O)NCC[C@H]2CCCCN2Cc2ccccc2)CCCCC1. The molecule has 0 radical (unpaired) electrons. The van der Waals surface area contributed by atoms with E-state index < -0.39 is 11.4 Å². The molecule has 0 unspecified atom stereocenters. The minimum atomic E-state index is -0.869. The number of nitrogens with one attached hydrogen (secondary N) is 2. The molecule has 28 heavy (non-hydrogen) atoms. The number of carbonyl (C=O) groups excluding carboxylic acids is 2. The second-order valence-electron chi connectivity index (χ2n) is 8.28. The molecule has 0 aromatic heterocycles. The fraction of sp³-hybridized carbons (Fsp3) is 0.636. The Morgan fingerprint density at radius 1 is 1.07 bits per heavy atom. The molecule has 3 amide bonds. The highest BCUT2D eigenvalue weighted by Crippen LogP contribution is 2.28. The molecule has 154 valence electrons. The number of carbonyl (C=O) groups is 2. The number of hydrogen-bond acceptors (Lipinski definition) is 3. The molecule has 3 rings (SSSR count). The monoisotopic (exact) mass is 386 g/mol. The number of nitrogens with zero attached hydrogens (tertiary/aromatic N) is 1. The van der Waals surface area contributed by atoms with Crippen molar-refractivity contribution in [2.45, 2.75) is 75.9 Å². The predicted molar refractivity (Wildman–Crippen MR) is 111 cm³/mol. The lowest BCUT2D eigenvalue weighted by atomic mass is 9.81. The molecule has 2 aliphatic rings. The maximum Gasteiger partial charge on any atom is 0.315 e. The number of piperidine rings is 1. The number of hydrogen-bond donors (Lipinski definition) is 3. The predicted octanol–water partition coefficient (Wildman–Crippen LogP) is 2.92. The minimum absolute atomic E-state index is 0.272. The van der Waals surface area contributed by atoms with Crippen molar-refractivity contribution in [3.05, 3.63) is 35.9 Å². The van der Waals surface area contributed by atoms with Crippen LogP contribution in [0.1, 0.15) is 63.4 Å². The van der Waals surface area contributed by atoms with Crippen molar-refractivity contribution in [1.29, 1.82) is 0 Å². The summed E-state index contributed by atoms with van der Waals surface area (Å²) in [6.07, 6.45) is 8.81. The Morgan fingerprint density at radius 2 is 1.82 bits per heavy atom. The third-order valence-electron chi connectivity index (χ3n) is 6.27. The molecule has 1 saturated heterocycles. The zero-order valence-electron chi connectivity index (χ0n) is 16.8. The van der Waals surface area contributed by atoms with E-state index in [9.17, 15) is 9.59 Å². The van der Waals surface area contributed by atoms with Gasteiger partial charge in [-0.3, -0.25) is 9.69 Å². The fourth-order valence-electron chi connectivity index (χ4n) is 4.62. The van der Waals surface area contributed by atoms with Gasteiger partial charge in [0, 0.05) is 19.1 Å². The van der Waals surface area contributed by atoms with Crippen LogP contribution < -0.4 is 16.4 Å². The summed E-state index contributed by atoms with van der Waals surface area (Å²) < 4.78 is 0. The summed E-state index contributed by atoms with van der Waals surface area (Å²) >= 11 is 0. The van der Waals surface area contributed by atoms with E-state index >= 15 is 0 Å². The summed E-state index contributed by atoms with van der Waals surface area (Å²) in [7, 11) is 0. The lowest BCUT2D eigenvalue weighted by molar-refractivity contribution is -0.125. The van der Waals surface area contributed by atoms with Crippen LogP contribution in [0.2, 0.25) is 0 Å². The van der Waals surface area contributed by atoms with Gasteiger partial charge < -0.3 is 16.4 Å². The van der Waals surface area contributed by atoms with E-state index in [1.165, 1.54) is 24.8 Å². The van der Waals surface area contributed by atoms with Crippen LogP contribution in [0.4, 0.5) is 4.79 Å². The summed E-state index contributed by atoms with van der Waals surface area (Å²) in [6.45, 7) is 2.68. The molecule has 1 aliphatic heterocycles. The van der Waals surface area contributed by atoms with Crippen LogP contribution in [-0.2, 0) is 11.3 Å². The van der Waals surface area contributed by atoms with Crippen molar-refractivity contribution < 1.29 is 9.59 Å². The molecule has 2 fully saturated rings. The lowest BCUT2D eigenvalue weighted by Gasteiger charge is -2.36. The normalized spacial score (nSPS) is 22.4. The number of rotatable bonds is 7. The van der Waals surface area contributed by atoms with Gasteiger partial charge in [0.2, 0.25) is 5.91 Å². The smallest absolute Gasteiger partial charge is 0.315 e. The average Bonchev–Trinajstić information content (AvgIpc) is 2.70. The Kier molecular flexibility index (Phi) is 7.31. The van der Waals surface area contributed by atoms with Crippen molar-refractivity contribution >= 4 is 11.9 Å². The fourth-order valence-corrected chi connectivity index (χ4v) is 4.62. The number of likely N-dealkylation sites (tertiary alicyclic amines) is 1. The van der Waals surface area contributed by atoms with Crippen LogP contribution in [0.3, 0.4) is 0 Å². The van der Waals surface area contributed by atoms with Crippen LogP contribution in [0.25, 0.3) is 0 Å². The highest BCUT2D eigenvalue weighted by molar-refractivity contribution is 5.90. The van der Waals surface area contributed by atoms with Gasteiger partial charge in [-0.05, 0) is 44.2 Å². The van der Waals surface area contributed by atoms with Crippen LogP contribution in [0.15, 0.2) is 30.3 Å². The van der Waals surface area contributed by atoms with Crippen molar-refractivity contribution in [3.63, 3.8) is 0 Å². The minimum Gasteiger partial charge on any atom is -0.368 e. The van der Waals surface area contributed by atoms with Gasteiger partial charge >= 0.3 is 6.03 Å². The Labute approximate surface area is 168 Å². The van der Waals surface area contributed by atoms with Gasteiger partial charge in [0.05, 0.1) is 0 Å². The highest BCUT2D eigenvalue weighted by Gasteiger charge is 2.39. The quantitative estimate of drug-likeness (QED) is 0.673. The second-order valence-corrected chi connectivity index (χ2v) is 8.28. The molecular formula is C22H34N4O2. The molecule has 1 atom stereocenters. The Hall–Kier alpha value is -2.08. The lowest BCUT2D eigenvalue weighted by Crippen LogP contribution is -2.60. The van der Waals surface area contributed by atoms with Gasteiger partial charge in [-0.2, -0.15) is 0 Å². The largest absolute Gasteiger partial charge is 0.368 e. The molecular weight excluding hydrogens is 352 g/mol. The summed E-state index contributed by atoms with van der Waals surface area (Å²) in [5.41, 5.74) is 6.06. The first-order valence-corrected chi connectivity index (χ1v) is 10.7. The molecule has 6 nitrogen and oxygen atoms in total. The molecule has 1 aromatic rings. The molecule has 6 heteroatoms. The number of nitrogens with two attached hydrogens (primary N) is 1. The highest BCUT2D eigenvalue weighted by atomic mass is 16.2. The van der Waals surface area contributed by atoms with Gasteiger partial charge in [0.15, 0.2) is 0 Å². The molecule has 1 saturated carbocycles. The molecule has 0 spiro atoms. The summed E-state index contributed by atoms with van der Waals surface area (Å²) in [5.74, 6) is -0.413. The van der Waals surface area contributed by atoms with Crippen LogP contribution in [-0.4, -0.2) is 41.5 Å². The topological polar surface area (TPSA) is 87.5 Å². The Bertz CT molecular complexity index is 643. The molecule has 4 N–H and O–H groups in total. The maximum absolute atomic E-state index is 12.4. The number of amides is 3. The van der Waals surface area contributed by atoms with Gasteiger partial charge in [-0.1, -0.05) is 56.0 Å². The van der Waals surface area contributed by atoms with E-state index in [0.29, 0.717) is 25.4 Å². The summed E-state index contributed by atoms with van der Waals surface area (Å²) in [4.78, 5) is 26.8. The zero-order chi connectivity index (χ0) is 19.8. The summed E-state index contributed by atoms with van der Waals surface area (Å²) in [5, 5.41) is 5.84. The number of urea groups is 1.